The Labute approximate surface area is 208 Å². The molecule has 0 N–H and O–H groups in total. The van der Waals surface area contributed by atoms with Gasteiger partial charge in [-0.1, -0.05) is 62.6 Å². The zero-order valence-electron chi connectivity index (χ0n) is 20.2. The van der Waals surface area contributed by atoms with E-state index >= 15 is 0 Å². The minimum absolute atomic E-state index is 0.104. The normalized spacial score (nSPS) is 18.1. The van der Waals surface area contributed by atoms with E-state index in [-0.39, 0.29) is 10.8 Å². The molecule has 0 radical (unpaired) electrons. The molecule has 190 valence electrons. The number of ether oxygens (including phenoxy) is 1. The first kappa shape index (κ1) is 26.0. The number of hydrogen-bond acceptors (Lipinski definition) is 1. The molecule has 4 rings (SSSR count). The number of fused-ring (bicyclic) bond motifs is 1. The summed E-state index contributed by atoms with van der Waals surface area (Å²) in [6.07, 6.45) is 5.14. The SMILES string of the molecule is CCCCCC1CCC(c2ccc(C#Cc3ccc4c(F)c(OC(F)(F)F)c(F)cc4c3)cc2)CC1. The second kappa shape index (κ2) is 11.3. The van der Waals surface area contributed by atoms with Crippen molar-refractivity contribution in [3.8, 4) is 17.6 Å². The minimum Gasteiger partial charge on any atom is -0.399 e. The molecule has 3 aromatic carbocycles. The van der Waals surface area contributed by atoms with E-state index in [1.165, 1.54) is 75.1 Å². The van der Waals surface area contributed by atoms with Crippen LogP contribution >= 0.6 is 0 Å². The Morgan fingerprint density at radius 1 is 0.861 bits per heavy atom. The molecule has 0 aromatic heterocycles. The van der Waals surface area contributed by atoms with Crippen molar-refractivity contribution in [2.75, 3.05) is 0 Å². The Morgan fingerprint density at radius 3 is 2.19 bits per heavy atom. The number of rotatable bonds is 6. The third kappa shape index (κ3) is 6.57. The Hall–Kier alpha value is -3.07. The molecule has 36 heavy (non-hydrogen) atoms. The average molecular weight is 501 g/mol. The fourth-order valence-corrected chi connectivity index (χ4v) is 5.05. The molecule has 1 saturated carbocycles. The van der Waals surface area contributed by atoms with Crippen molar-refractivity contribution in [2.45, 2.75) is 70.6 Å². The quantitative estimate of drug-likeness (QED) is 0.186. The molecule has 1 aliphatic carbocycles. The molecule has 1 fully saturated rings. The summed E-state index contributed by atoms with van der Waals surface area (Å²) in [7, 11) is 0. The van der Waals surface area contributed by atoms with E-state index in [1.807, 2.05) is 12.1 Å². The molecule has 0 saturated heterocycles. The smallest absolute Gasteiger partial charge is 0.399 e. The lowest BCUT2D eigenvalue weighted by Gasteiger charge is -2.29. The lowest BCUT2D eigenvalue weighted by molar-refractivity contribution is -0.276. The monoisotopic (exact) mass is 500 g/mol. The molecule has 3 aromatic rings. The number of halogens is 5. The Balaban J connectivity index is 1.42. The maximum absolute atomic E-state index is 14.4. The first-order chi connectivity index (χ1) is 17.2. The second-order valence-electron chi connectivity index (χ2n) is 9.57. The summed E-state index contributed by atoms with van der Waals surface area (Å²) in [6.45, 7) is 2.24. The van der Waals surface area contributed by atoms with Gasteiger partial charge in [-0.25, -0.2) is 8.78 Å². The summed E-state index contributed by atoms with van der Waals surface area (Å²) in [5.74, 6) is 3.20. The first-order valence-electron chi connectivity index (χ1n) is 12.5. The van der Waals surface area contributed by atoms with Crippen molar-refractivity contribution in [1.82, 2.24) is 0 Å². The van der Waals surface area contributed by atoms with Crippen molar-refractivity contribution in [1.29, 1.82) is 0 Å². The van der Waals surface area contributed by atoms with Crippen molar-refractivity contribution in [2.24, 2.45) is 5.92 Å². The highest BCUT2D eigenvalue weighted by Crippen LogP contribution is 2.38. The highest BCUT2D eigenvalue weighted by atomic mass is 19.4. The molecule has 0 spiro atoms. The van der Waals surface area contributed by atoms with Crippen LogP contribution in [0.5, 0.6) is 5.75 Å². The second-order valence-corrected chi connectivity index (χ2v) is 9.57. The van der Waals surface area contributed by atoms with Crippen LogP contribution in [-0.2, 0) is 0 Å². The standard InChI is InChI=1S/C30H29F5O/c1-2-3-4-5-20-8-13-23(14-9-20)24-15-10-21(11-16-24)6-7-22-12-17-26-25(18-22)19-27(31)29(28(26)32)36-30(33,34)35/h10-12,15-20,23H,2-5,8-9,13-14H2,1H3. The number of alkyl halides is 3. The molecule has 0 amide bonds. The van der Waals surface area contributed by atoms with Crippen LogP contribution < -0.4 is 4.74 Å². The van der Waals surface area contributed by atoms with E-state index in [2.05, 4.69) is 35.6 Å². The van der Waals surface area contributed by atoms with Crippen LogP contribution in [-0.4, -0.2) is 6.36 Å². The zero-order chi connectivity index (χ0) is 25.7. The van der Waals surface area contributed by atoms with E-state index in [9.17, 15) is 22.0 Å². The Morgan fingerprint density at radius 2 is 1.53 bits per heavy atom. The lowest BCUT2D eigenvalue weighted by Crippen LogP contribution is -2.19. The fraction of sp³-hybridized carbons (Fsp3) is 0.400. The van der Waals surface area contributed by atoms with Crippen LogP contribution in [0.4, 0.5) is 22.0 Å². The zero-order valence-corrected chi connectivity index (χ0v) is 20.2. The highest BCUT2D eigenvalue weighted by molar-refractivity contribution is 5.86. The van der Waals surface area contributed by atoms with Crippen LogP contribution in [0.3, 0.4) is 0 Å². The van der Waals surface area contributed by atoms with Gasteiger partial charge >= 0.3 is 6.36 Å². The summed E-state index contributed by atoms with van der Waals surface area (Å²) in [6, 6.07) is 13.2. The third-order valence-electron chi connectivity index (χ3n) is 7.00. The van der Waals surface area contributed by atoms with Gasteiger partial charge in [0.1, 0.15) is 0 Å². The summed E-state index contributed by atoms with van der Waals surface area (Å²) < 4.78 is 69.4. The lowest BCUT2D eigenvalue weighted by atomic mass is 9.77. The minimum atomic E-state index is -5.19. The largest absolute Gasteiger partial charge is 0.573 e. The summed E-state index contributed by atoms with van der Waals surface area (Å²) in [4.78, 5) is 0. The van der Waals surface area contributed by atoms with Gasteiger partial charge in [-0.15, -0.1) is 13.2 Å². The van der Waals surface area contributed by atoms with Crippen LogP contribution in [0, 0.1) is 29.4 Å². The molecular formula is C30H29F5O. The molecule has 1 aliphatic rings. The van der Waals surface area contributed by atoms with E-state index in [4.69, 9.17) is 0 Å². The van der Waals surface area contributed by atoms with Crippen molar-refractivity contribution in [3.63, 3.8) is 0 Å². The van der Waals surface area contributed by atoms with Gasteiger partial charge in [-0.2, -0.15) is 0 Å². The number of benzene rings is 3. The van der Waals surface area contributed by atoms with Crippen LogP contribution in [0.2, 0.25) is 0 Å². The van der Waals surface area contributed by atoms with Crippen molar-refractivity contribution >= 4 is 10.8 Å². The molecule has 0 aliphatic heterocycles. The summed E-state index contributed by atoms with van der Waals surface area (Å²) >= 11 is 0. The van der Waals surface area contributed by atoms with Crippen LogP contribution in [0.25, 0.3) is 10.8 Å². The first-order valence-corrected chi connectivity index (χ1v) is 12.5. The van der Waals surface area contributed by atoms with Gasteiger partial charge in [-0.05, 0) is 78.8 Å². The molecule has 1 nitrogen and oxygen atoms in total. The van der Waals surface area contributed by atoms with Gasteiger partial charge in [0.05, 0.1) is 0 Å². The Bertz CT molecular complexity index is 1240. The summed E-state index contributed by atoms with van der Waals surface area (Å²) in [5, 5.41) is -0.0717. The average Bonchev–Trinajstić information content (AvgIpc) is 2.85. The third-order valence-corrected chi connectivity index (χ3v) is 7.00. The molecule has 0 heterocycles. The molecular weight excluding hydrogens is 471 g/mol. The van der Waals surface area contributed by atoms with Gasteiger partial charge in [0.15, 0.2) is 11.6 Å². The van der Waals surface area contributed by atoms with E-state index < -0.39 is 23.7 Å². The van der Waals surface area contributed by atoms with Gasteiger partial charge in [0.25, 0.3) is 0 Å². The molecule has 0 atom stereocenters. The van der Waals surface area contributed by atoms with Crippen LogP contribution in [0.1, 0.15) is 80.9 Å². The maximum Gasteiger partial charge on any atom is 0.573 e. The fourth-order valence-electron chi connectivity index (χ4n) is 5.05. The number of hydrogen-bond donors (Lipinski definition) is 0. The van der Waals surface area contributed by atoms with Gasteiger partial charge in [0, 0.05) is 16.5 Å². The highest BCUT2D eigenvalue weighted by Gasteiger charge is 2.34. The predicted octanol–water partition coefficient (Wildman–Crippen LogP) is 9.27. The van der Waals surface area contributed by atoms with Crippen molar-refractivity contribution < 1.29 is 26.7 Å². The molecule has 0 bridgehead atoms. The van der Waals surface area contributed by atoms with Crippen molar-refractivity contribution in [3.05, 3.63) is 76.9 Å². The van der Waals surface area contributed by atoms with Gasteiger partial charge in [-0.3, -0.25) is 0 Å². The molecule has 0 unspecified atom stereocenters. The van der Waals surface area contributed by atoms with E-state index in [0.29, 0.717) is 11.5 Å². The topological polar surface area (TPSA) is 9.23 Å². The predicted molar refractivity (Wildman–Crippen MR) is 132 cm³/mol. The van der Waals surface area contributed by atoms with Crippen LogP contribution in [0.15, 0.2) is 48.5 Å². The number of unbranched alkanes of at least 4 members (excludes halogenated alkanes) is 2. The van der Waals surface area contributed by atoms with E-state index in [1.54, 1.807) is 0 Å². The molecule has 6 heteroatoms. The van der Waals surface area contributed by atoms with Gasteiger partial charge in [0.2, 0.25) is 5.75 Å². The van der Waals surface area contributed by atoms with E-state index in [0.717, 1.165) is 17.5 Å². The van der Waals surface area contributed by atoms with Gasteiger partial charge < -0.3 is 4.74 Å². The Kier molecular flexibility index (Phi) is 8.18. The summed E-state index contributed by atoms with van der Waals surface area (Å²) in [5.41, 5.74) is 2.65. The maximum atomic E-state index is 14.4.